The summed E-state index contributed by atoms with van der Waals surface area (Å²) in [7, 11) is 0. The maximum Gasteiger partial charge on any atom is 0.306 e. The Morgan fingerprint density at radius 1 is 1.24 bits per heavy atom. The van der Waals surface area contributed by atoms with Gasteiger partial charge in [-0.1, -0.05) is 6.42 Å². The molecule has 1 aliphatic heterocycles. The highest BCUT2D eigenvalue weighted by Gasteiger charge is 2.27. The molecule has 1 saturated carbocycles. The second kappa shape index (κ2) is 8.03. The van der Waals surface area contributed by atoms with Crippen LogP contribution in [-0.4, -0.2) is 59.1 Å². The first-order valence-corrected chi connectivity index (χ1v) is 9.15. The lowest BCUT2D eigenvalue weighted by molar-refractivity contribution is -0.145. The van der Waals surface area contributed by atoms with Crippen molar-refractivity contribution in [3.05, 3.63) is 0 Å². The van der Waals surface area contributed by atoms with E-state index in [2.05, 4.69) is 11.6 Å². The average molecular weight is 314 g/mol. The van der Waals surface area contributed by atoms with Crippen molar-refractivity contribution in [1.82, 2.24) is 10.2 Å². The molecule has 2 N–H and O–H groups in total. The standard InChI is InChI=1S/C15H26N2O3S/c1-21-13-4-2-3-12(9-13)16-10-14(18)17-7-5-11(6-8-17)15(19)20/h11-13,16H,2-10H2,1H3,(H,19,20). The van der Waals surface area contributed by atoms with Crippen LogP contribution in [0.2, 0.25) is 0 Å². The number of nitrogens with one attached hydrogen (secondary N) is 1. The lowest BCUT2D eigenvalue weighted by Gasteiger charge is -2.32. The summed E-state index contributed by atoms with van der Waals surface area (Å²) in [5.74, 6) is -0.890. The van der Waals surface area contributed by atoms with Crippen molar-refractivity contribution >= 4 is 23.6 Å². The summed E-state index contributed by atoms with van der Waals surface area (Å²) in [5.41, 5.74) is 0. The third-order valence-electron chi connectivity index (χ3n) is 4.70. The quantitative estimate of drug-likeness (QED) is 0.806. The molecule has 0 aromatic heterocycles. The number of carbonyl (C=O) groups excluding carboxylic acids is 1. The number of rotatable bonds is 5. The fourth-order valence-electron chi connectivity index (χ4n) is 3.26. The zero-order valence-electron chi connectivity index (χ0n) is 12.7. The minimum absolute atomic E-state index is 0.116. The molecule has 1 heterocycles. The first-order valence-electron chi connectivity index (χ1n) is 7.87. The third kappa shape index (κ3) is 4.88. The summed E-state index contributed by atoms with van der Waals surface area (Å²) in [6.07, 6.45) is 8.15. The second-order valence-corrected chi connectivity index (χ2v) is 7.23. The summed E-state index contributed by atoms with van der Waals surface area (Å²) >= 11 is 1.92. The number of nitrogens with zero attached hydrogens (tertiary/aromatic N) is 1. The molecule has 1 amide bonds. The van der Waals surface area contributed by atoms with Gasteiger partial charge in [-0.25, -0.2) is 0 Å². The van der Waals surface area contributed by atoms with Crippen LogP contribution in [0.5, 0.6) is 0 Å². The van der Waals surface area contributed by atoms with E-state index in [1.807, 2.05) is 11.8 Å². The van der Waals surface area contributed by atoms with Crippen LogP contribution in [0.4, 0.5) is 0 Å². The number of carbonyl (C=O) groups is 2. The highest BCUT2D eigenvalue weighted by atomic mass is 32.2. The first kappa shape index (κ1) is 16.6. The Morgan fingerprint density at radius 2 is 1.95 bits per heavy atom. The maximum absolute atomic E-state index is 12.2. The van der Waals surface area contributed by atoms with Crippen LogP contribution in [0.1, 0.15) is 38.5 Å². The van der Waals surface area contributed by atoms with Crippen molar-refractivity contribution in [1.29, 1.82) is 0 Å². The van der Waals surface area contributed by atoms with Crippen molar-refractivity contribution in [2.45, 2.75) is 49.8 Å². The minimum Gasteiger partial charge on any atom is -0.481 e. The smallest absolute Gasteiger partial charge is 0.306 e. The molecule has 0 bridgehead atoms. The van der Waals surface area contributed by atoms with Gasteiger partial charge in [0.15, 0.2) is 0 Å². The molecule has 0 radical (unpaired) electrons. The largest absolute Gasteiger partial charge is 0.481 e. The monoisotopic (exact) mass is 314 g/mol. The van der Waals surface area contributed by atoms with Crippen LogP contribution in [0.15, 0.2) is 0 Å². The molecule has 1 aliphatic carbocycles. The van der Waals surface area contributed by atoms with E-state index in [9.17, 15) is 9.59 Å². The highest BCUT2D eigenvalue weighted by molar-refractivity contribution is 7.99. The van der Waals surface area contributed by atoms with Crippen molar-refractivity contribution in [3.8, 4) is 0 Å². The van der Waals surface area contributed by atoms with Gasteiger partial charge in [0.05, 0.1) is 12.5 Å². The number of aliphatic carboxylic acids is 1. The van der Waals surface area contributed by atoms with E-state index in [4.69, 9.17) is 5.11 Å². The Morgan fingerprint density at radius 3 is 2.57 bits per heavy atom. The van der Waals surface area contributed by atoms with Gasteiger partial charge in [-0.15, -0.1) is 0 Å². The van der Waals surface area contributed by atoms with Gasteiger partial charge >= 0.3 is 5.97 Å². The minimum atomic E-state index is -0.731. The fourth-order valence-corrected chi connectivity index (χ4v) is 4.09. The van der Waals surface area contributed by atoms with Crippen LogP contribution in [0.25, 0.3) is 0 Å². The summed E-state index contributed by atoms with van der Waals surface area (Å²) in [6.45, 7) is 1.55. The SMILES string of the molecule is CSC1CCCC(NCC(=O)N2CCC(C(=O)O)CC2)C1. The normalized spacial score (nSPS) is 27.6. The molecule has 2 fully saturated rings. The van der Waals surface area contributed by atoms with E-state index in [0.717, 1.165) is 18.1 Å². The topological polar surface area (TPSA) is 69.6 Å². The number of likely N-dealkylation sites (tertiary alicyclic amines) is 1. The van der Waals surface area contributed by atoms with Crippen LogP contribution in [-0.2, 0) is 9.59 Å². The summed E-state index contributed by atoms with van der Waals surface area (Å²) < 4.78 is 0. The zero-order chi connectivity index (χ0) is 15.2. The number of piperidine rings is 1. The molecule has 0 aromatic carbocycles. The number of carboxylic acid groups (broad SMARTS) is 1. The van der Waals surface area contributed by atoms with E-state index in [1.165, 1.54) is 12.8 Å². The lowest BCUT2D eigenvalue weighted by atomic mass is 9.95. The van der Waals surface area contributed by atoms with Gasteiger partial charge in [0.2, 0.25) is 5.91 Å². The van der Waals surface area contributed by atoms with Gasteiger partial charge in [0.25, 0.3) is 0 Å². The van der Waals surface area contributed by atoms with Crippen LogP contribution >= 0.6 is 11.8 Å². The summed E-state index contributed by atoms with van der Waals surface area (Å²) in [4.78, 5) is 24.9. The van der Waals surface area contributed by atoms with E-state index in [1.54, 1.807) is 4.90 Å². The number of carboxylic acids is 1. The number of amides is 1. The van der Waals surface area contributed by atoms with E-state index >= 15 is 0 Å². The Bertz CT molecular complexity index is 370. The number of hydrogen-bond donors (Lipinski definition) is 2. The van der Waals surface area contributed by atoms with Gasteiger partial charge < -0.3 is 15.3 Å². The van der Waals surface area contributed by atoms with Gasteiger partial charge in [-0.05, 0) is 38.4 Å². The van der Waals surface area contributed by atoms with Gasteiger partial charge in [-0.3, -0.25) is 9.59 Å². The van der Waals surface area contributed by atoms with E-state index < -0.39 is 5.97 Å². The second-order valence-electron chi connectivity index (χ2n) is 6.10. The number of thioether (sulfide) groups is 1. The Labute approximate surface area is 130 Å². The summed E-state index contributed by atoms with van der Waals surface area (Å²) in [6, 6.07) is 0.455. The average Bonchev–Trinajstić information content (AvgIpc) is 2.53. The fraction of sp³-hybridized carbons (Fsp3) is 0.867. The highest BCUT2D eigenvalue weighted by Crippen LogP contribution is 2.26. The van der Waals surface area contributed by atoms with Crippen molar-refractivity contribution in [2.24, 2.45) is 5.92 Å². The van der Waals surface area contributed by atoms with Crippen LogP contribution in [0.3, 0.4) is 0 Å². The van der Waals surface area contributed by atoms with Gasteiger partial charge in [0, 0.05) is 24.4 Å². The molecular formula is C15H26N2O3S. The molecule has 5 nitrogen and oxygen atoms in total. The van der Waals surface area contributed by atoms with Gasteiger partial charge in [-0.2, -0.15) is 11.8 Å². The Hall–Kier alpha value is -0.750. The lowest BCUT2D eigenvalue weighted by Crippen LogP contribution is -2.46. The van der Waals surface area contributed by atoms with Crippen LogP contribution < -0.4 is 5.32 Å². The molecular weight excluding hydrogens is 288 g/mol. The molecule has 2 aliphatic rings. The Balaban J connectivity index is 1.69. The third-order valence-corrected chi connectivity index (χ3v) is 5.79. The maximum atomic E-state index is 12.2. The molecule has 6 heteroatoms. The van der Waals surface area contributed by atoms with Crippen molar-refractivity contribution < 1.29 is 14.7 Å². The molecule has 120 valence electrons. The number of hydrogen-bond acceptors (Lipinski definition) is 4. The first-order chi connectivity index (χ1) is 10.1. The molecule has 21 heavy (non-hydrogen) atoms. The zero-order valence-corrected chi connectivity index (χ0v) is 13.5. The Kier molecular flexibility index (Phi) is 6.36. The predicted molar refractivity (Wildman–Crippen MR) is 84.5 cm³/mol. The molecule has 0 spiro atoms. The molecule has 2 unspecified atom stereocenters. The van der Waals surface area contributed by atoms with E-state index in [-0.39, 0.29) is 11.8 Å². The molecule has 2 rings (SSSR count). The molecule has 2 atom stereocenters. The van der Waals surface area contributed by atoms with Crippen molar-refractivity contribution in [2.75, 3.05) is 25.9 Å². The van der Waals surface area contributed by atoms with E-state index in [0.29, 0.717) is 38.5 Å². The van der Waals surface area contributed by atoms with Crippen LogP contribution in [0, 0.1) is 5.92 Å². The van der Waals surface area contributed by atoms with Gasteiger partial charge in [0.1, 0.15) is 0 Å². The predicted octanol–water partition coefficient (Wildman–Crippen LogP) is 1.57. The summed E-state index contributed by atoms with van der Waals surface area (Å²) in [5, 5.41) is 13.1. The van der Waals surface area contributed by atoms with Crippen molar-refractivity contribution in [3.63, 3.8) is 0 Å². The molecule has 1 saturated heterocycles. The molecule has 0 aromatic rings.